The van der Waals surface area contributed by atoms with E-state index in [1.807, 2.05) is 35.3 Å². The molecule has 3 N–H and O–H groups in total. The van der Waals surface area contributed by atoms with Crippen molar-refractivity contribution in [3.63, 3.8) is 0 Å². The summed E-state index contributed by atoms with van der Waals surface area (Å²) in [5, 5.41) is 15.3. The van der Waals surface area contributed by atoms with E-state index in [-0.39, 0.29) is 6.54 Å². The summed E-state index contributed by atoms with van der Waals surface area (Å²) >= 11 is 0. The van der Waals surface area contributed by atoms with Crippen molar-refractivity contribution in [1.82, 2.24) is 9.88 Å². The van der Waals surface area contributed by atoms with Crippen molar-refractivity contribution in [3.8, 4) is 0 Å². The summed E-state index contributed by atoms with van der Waals surface area (Å²) in [6.07, 6.45) is -3.89. The fourth-order valence-electron chi connectivity index (χ4n) is 2.91. The van der Waals surface area contributed by atoms with Gasteiger partial charge in [0, 0.05) is 25.3 Å². The number of alkyl halides is 3. The summed E-state index contributed by atoms with van der Waals surface area (Å²) in [7, 11) is 1.88. The van der Waals surface area contributed by atoms with Crippen LogP contribution in [0.4, 0.5) is 18.9 Å². The molecule has 29 heavy (non-hydrogen) atoms. The smallest absolute Gasteiger partial charge is 0.387 e. The first kappa shape index (κ1) is 20.4. The van der Waals surface area contributed by atoms with Gasteiger partial charge in [0.25, 0.3) is 0 Å². The van der Waals surface area contributed by atoms with Crippen LogP contribution >= 0.6 is 0 Å². The van der Waals surface area contributed by atoms with Crippen LogP contribution in [-0.2, 0) is 22.8 Å². The number of nitrogens with zero attached hydrogens (tertiary/aromatic N) is 1. The third kappa shape index (κ3) is 4.57. The van der Waals surface area contributed by atoms with E-state index in [1.54, 1.807) is 12.1 Å². The molecule has 1 atom stereocenters. The molecule has 0 aliphatic heterocycles. The maximum absolute atomic E-state index is 13.0. The first-order chi connectivity index (χ1) is 13.7. The highest BCUT2D eigenvalue weighted by atomic mass is 19.4. The SMILES string of the molecule is Cn1ccc2cc(C(O)CNC(=O)C(=O)Nc3ccccc3C(F)(F)F)ccc21. The summed E-state index contributed by atoms with van der Waals surface area (Å²) < 4.78 is 40.8. The Labute approximate surface area is 163 Å². The maximum atomic E-state index is 13.0. The number of aromatic nitrogens is 1. The molecule has 0 fully saturated rings. The zero-order valence-electron chi connectivity index (χ0n) is 15.3. The normalized spacial score (nSPS) is 12.6. The van der Waals surface area contributed by atoms with Crippen molar-refractivity contribution in [1.29, 1.82) is 0 Å². The second kappa shape index (κ2) is 7.96. The number of anilines is 1. The Morgan fingerprint density at radius 1 is 1.10 bits per heavy atom. The molecule has 152 valence electrons. The Morgan fingerprint density at radius 3 is 2.55 bits per heavy atom. The van der Waals surface area contributed by atoms with Crippen molar-refractivity contribution in [2.45, 2.75) is 12.3 Å². The maximum Gasteiger partial charge on any atom is 0.418 e. The van der Waals surface area contributed by atoms with E-state index in [4.69, 9.17) is 0 Å². The molecule has 1 unspecified atom stereocenters. The lowest BCUT2D eigenvalue weighted by atomic mass is 10.1. The Morgan fingerprint density at radius 2 is 1.83 bits per heavy atom. The van der Waals surface area contributed by atoms with Gasteiger partial charge in [-0.1, -0.05) is 18.2 Å². The monoisotopic (exact) mass is 405 g/mol. The molecule has 0 saturated heterocycles. The minimum atomic E-state index is -4.67. The largest absolute Gasteiger partial charge is 0.418 e. The van der Waals surface area contributed by atoms with Gasteiger partial charge in [-0.2, -0.15) is 13.2 Å². The molecular formula is C20H18F3N3O3. The summed E-state index contributed by atoms with van der Waals surface area (Å²) in [6.45, 7) is -0.272. The number of carbonyl (C=O) groups excluding carboxylic acids is 2. The van der Waals surface area contributed by atoms with Crippen molar-refractivity contribution in [2.75, 3.05) is 11.9 Å². The fraction of sp³-hybridized carbons (Fsp3) is 0.200. The number of halogens is 3. The molecule has 0 radical (unpaired) electrons. The Kier molecular flexibility index (Phi) is 5.60. The lowest BCUT2D eigenvalue weighted by molar-refractivity contribution is -0.138. The number of nitrogens with one attached hydrogen (secondary N) is 2. The number of fused-ring (bicyclic) bond motifs is 1. The average Bonchev–Trinajstić information content (AvgIpc) is 3.05. The summed E-state index contributed by atoms with van der Waals surface area (Å²) in [6, 6.07) is 11.5. The molecule has 3 aromatic rings. The Bertz CT molecular complexity index is 1060. The molecule has 1 heterocycles. The molecule has 3 rings (SSSR count). The van der Waals surface area contributed by atoms with Gasteiger partial charge in [-0.15, -0.1) is 0 Å². The first-order valence-corrected chi connectivity index (χ1v) is 8.65. The van der Waals surface area contributed by atoms with E-state index < -0.39 is 35.3 Å². The predicted molar refractivity (Wildman–Crippen MR) is 101 cm³/mol. The van der Waals surface area contributed by atoms with Crippen LogP contribution in [0.2, 0.25) is 0 Å². The zero-order chi connectivity index (χ0) is 21.2. The molecule has 0 spiro atoms. The van der Waals surface area contributed by atoms with Gasteiger partial charge in [-0.25, -0.2) is 0 Å². The van der Waals surface area contributed by atoms with Crippen molar-refractivity contribution >= 4 is 28.4 Å². The first-order valence-electron chi connectivity index (χ1n) is 8.65. The van der Waals surface area contributed by atoms with Crippen molar-refractivity contribution in [3.05, 3.63) is 65.9 Å². The van der Waals surface area contributed by atoms with E-state index >= 15 is 0 Å². The Balaban J connectivity index is 1.62. The number of benzene rings is 2. The van der Waals surface area contributed by atoms with Crippen LogP contribution in [0.1, 0.15) is 17.2 Å². The summed E-state index contributed by atoms with van der Waals surface area (Å²) in [5.74, 6) is -2.41. The van der Waals surface area contributed by atoms with Gasteiger partial charge in [-0.05, 0) is 41.3 Å². The minimum absolute atomic E-state index is 0.272. The van der Waals surface area contributed by atoms with E-state index in [9.17, 15) is 27.9 Å². The van der Waals surface area contributed by atoms with Crippen LogP contribution < -0.4 is 10.6 Å². The number of hydrogen-bond donors (Lipinski definition) is 3. The van der Waals surface area contributed by atoms with Gasteiger partial charge in [0.05, 0.1) is 17.4 Å². The Hall–Kier alpha value is -3.33. The lowest BCUT2D eigenvalue weighted by Gasteiger charge is -2.15. The second-order valence-electron chi connectivity index (χ2n) is 6.47. The average molecular weight is 405 g/mol. The quantitative estimate of drug-likeness (QED) is 0.584. The highest BCUT2D eigenvalue weighted by Crippen LogP contribution is 2.34. The third-order valence-electron chi connectivity index (χ3n) is 4.44. The molecule has 2 aromatic carbocycles. The lowest BCUT2D eigenvalue weighted by Crippen LogP contribution is -2.38. The molecule has 6 nitrogen and oxygen atoms in total. The summed E-state index contributed by atoms with van der Waals surface area (Å²) in [4.78, 5) is 23.9. The van der Waals surface area contributed by atoms with Crippen molar-refractivity contribution in [2.24, 2.45) is 7.05 Å². The molecule has 0 bridgehead atoms. The number of hydrogen-bond acceptors (Lipinski definition) is 3. The van der Waals surface area contributed by atoms with Gasteiger partial charge >= 0.3 is 18.0 Å². The zero-order valence-corrected chi connectivity index (χ0v) is 15.3. The molecule has 9 heteroatoms. The third-order valence-corrected chi connectivity index (χ3v) is 4.44. The number of aliphatic hydroxyl groups excluding tert-OH is 1. The van der Waals surface area contributed by atoms with Crippen LogP contribution in [0.3, 0.4) is 0 Å². The van der Waals surface area contributed by atoms with E-state index in [1.165, 1.54) is 12.1 Å². The van der Waals surface area contributed by atoms with Crippen LogP contribution in [0.5, 0.6) is 0 Å². The van der Waals surface area contributed by atoms with Crippen LogP contribution in [0.15, 0.2) is 54.7 Å². The van der Waals surface area contributed by atoms with Gasteiger partial charge in [-0.3, -0.25) is 9.59 Å². The highest BCUT2D eigenvalue weighted by Gasteiger charge is 2.34. The number of amides is 2. The molecule has 1 aromatic heterocycles. The number of aryl methyl sites for hydroxylation is 1. The number of carbonyl (C=O) groups is 2. The predicted octanol–water partition coefficient (Wildman–Crippen LogP) is 2.99. The summed E-state index contributed by atoms with van der Waals surface area (Å²) in [5.41, 5.74) is -0.0768. The van der Waals surface area contributed by atoms with E-state index in [0.717, 1.165) is 23.0 Å². The van der Waals surface area contributed by atoms with Gasteiger partial charge in [0.2, 0.25) is 0 Å². The second-order valence-corrected chi connectivity index (χ2v) is 6.47. The van der Waals surface area contributed by atoms with Crippen LogP contribution in [0, 0.1) is 0 Å². The van der Waals surface area contributed by atoms with Crippen molar-refractivity contribution < 1.29 is 27.9 Å². The number of rotatable bonds is 4. The standard InChI is InChI=1S/C20H18F3N3O3/c1-26-9-8-12-10-13(6-7-16(12)26)17(27)11-24-18(28)19(29)25-15-5-3-2-4-14(15)20(21,22)23/h2-10,17,27H,11H2,1H3,(H,24,28)(H,25,29). The number of aliphatic hydroxyl groups is 1. The molecule has 0 saturated carbocycles. The minimum Gasteiger partial charge on any atom is -0.387 e. The number of para-hydroxylation sites is 1. The molecular weight excluding hydrogens is 387 g/mol. The highest BCUT2D eigenvalue weighted by molar-refractivity contribution is 6.39. The fourth-order valence-corrected chi connectivity index (χ4v) is 2.91. The topological polar surface area (TPSA) is 83.4 Å². The van der Waals surface area contributed by atoms with Crippen LogP contribution in [-0.4, -0.2) is 28.0 Å². The van der Waals surface area contributed by atoms with Gasteiger partial charge in [0.15, 0.2) is 0 Å². The molecule has 2 amide bonds. The van der Waals surface area contributed by atoms with E-state index in [2.05, 4.69) is 5.32 Å². The van der Waals surface area contributed by atoms with Gasteiger partial charge < -0.3 is 20.3 Å². The van der Waals surface area contributed by atoms with Gasteiger partial charge in [0.1, 0.15) is 0 Å². The molecule has 0 aliphatic carbocycles. The van der Waals surface area contributed by atoms with Crippen LogP contribution in [0.25, 0.3) is 10.9 Å². The van der Waals surface area contributed by atoms with E-state index in [0.29, 0.717) is 5.56 Å². The molecule has 0 aliphatic rings.